The Balaban J connectivity index is 1.23. The Morgan fingerprint density at radius 3 is 2.35 bits per heavy atom. The number of esters is 2. The van der Waals surface area contributed by atoms with Gasteiger partial charge in [-0.3, -0.25) is 9.59 Å². The first kappa shape index (κ1) is 16.3. The summed E-state index contributed by atoms with van der Waals surface area (Å²) in [6, 6.07) is 0. The molecule has 0 radical (unpaired) electrons. The Morgan fingerprint density at radius 1 is 0.957 bits per heavy atom. The van der Waals surface area contributed by atoms with Crippen LogP contribution in [0, 0.1) is 23.7 Å². The predicted molar refractivity (Wildman–Crippen MR) is 86.5 cm³/mol. The van der Waals surface area contributed by atoms with Crippen LogP contribution in [0.1, 0.15) is 44.9 Å². The van der Waals surface area contributed by atoms with E-state index in [2.05, 4.69) is 24.3 Å². The van der Waals surface area contributed by atoms with Crippen LogP contribution >= 0.6 is 0 Å². The number of allylic oxidation sites excluding steroid dienone is 4. The molecule has 0 aromatic rings. The quantitative estimate of drug-likeness (QED) is 0.410. The normalized spacial score (nSPS) is 31.3. The second-order valence-corrected chi connectivity index (χ2v) is 6.91. The van der Waals surface area contributed by atoms with Gasteiger partial charge < -0.3 is 9.47 Å². The molecule has 126 valence electrons. The van der Waals surface area contributed by atoms with Crippen molar-refractivity contribution in [3.63, 3.8) is 0 Å². The van der Waals surface area contributed by atoms with E-state index in [9.17, 15) is 9.59 Å². The van der Waals surface area contributed by atoms with Crippen LogP contribution in [-0.2, 0) is 19.1 Å². The van der Waals surface area contributed by atoms with E-state index in [1.807, 2.05) is 0 Å². The van der Waals surface area contributed by atoms with Crippen LogP contribution in [0.2, 0.25) is 0 Å². The van der Waals surface area contributed by atoms with Crippen molar-refractivity contribution in [3.8, 4) is 0 Å². The molecule has 0 unspecified atom stereocenters. The van der Waals surface area contributed by atoms with Crippen molar-refractivity contribution >= 4 is 11.9 Å². The van der Waals surface area contributed by atoms with Crippen molar-refractivity contribution < 1.29 is 19.1 Å². The molecule has 0 amide bonds. The first-order valence-electron chi connectivity index (χ1n) is 8.90. The molecule has 4 nitrogen and oxygen atoms in total. The van der Waals surface area contributed by atoms with Crippen molar-refractivity contribution in [2.45, 2.75) is 44.9 Å². The lowest BCUT2D eigenvalue weighted by molar-refractivity contribution is -0.151. The van der Waals surface area contributed by atoms with Gasteiger partial charge in [0.1, 0.15) is 0 Å². The minimum Gasteiger partial charge on any atom is -0.465 e. The minimum atomic E-state index is -0.0832. The van der Waals surface area contributed by atoms with Crippen molar-refractivity contribution in [1.29, 1.82) is 0 Å². The van der Waals surface area contributed by atoms with Gasteiger partial charge in [0.25, 0.3) is 0 Å². The van der Waals surface area contributed by atoms with Gasteiger partial charge in [-0.05, 0) is 56.8 Å². The van der Waals surface area contributed by atoms with Crippen LogP contribution in [0.5, 0.6) is 0 Å². The average Bonchev–Trinajstić information content (AvgIpc) is 3.21. The van der Waals surface area contributed by atoms with Crippen molar-refractivity contribution in [2.24, 2.45) is 23.7 Å². The average molecular weight is 318 g/mol. The molecule has 0 saturated heterocycles. The van der Waals surface area contributed by atoms with Crippen LogP contribution < -0.4 is 0 Å². The first-order chi connectivity index (χ1) is 11.2. The van der Waals surface area contributed by atoms with Gasteiger partial charge >= 0.3 is 11.9 Å². The molecule has 3 aliphatic carbocycles. The second-order valence-electron chi connectivity index (χ2n) is 6.91. The van der Waals surface area contributed by atoms with E-state index in [0.29, 0.717) is 25.0 Å². The molecule has 1 saturated carbocycles. The molecule has 4 atom stereocenters. The van der Waals surface area contributed by atoms with E-state index in [-0.39, 0.29) is 23.8 Å². The summed E-state index contributed by atoms with van der Waals surface area (Å²) in [6.07, 6.45) is 14.8. The molecule has 3 rings (SSSR count). The molecular formula is C19H26O4. The fraction of sp³-hybridized carbons (Fsp3) is 0.684. The van der Waals surface area contributed by atoms with E-state index in [1.54, 1.807) is 0 Å². The highest BCUT2D eigenvalue weighted by Gasteiger charge is 2.40. The van der Waals surface area contributed by atoms with Gasteiger partial charge in [-0.1, -0.05) is 24.3 Å². The third-order valence-electron chi connectivity index (χ3n) is 5.21. The van der Waals surface area contributed by atoms with Crippen LogP contribution in [0.3, 0.4) is 0 Å². The Hall–Kier alpha value is -1.58. The molecule has 2 bridgehead atoms. The fourth-order valence-corrected chi connectivity index (χ4v) is 3.83. The zero-order valence-electron chi connectivity index (χ0n) is 13.6. The molecule has 23 heavy (non-hydrogen) atoms. The third kappa shape index (κ3) is 4.24. The topological polar surface area (TPSA) is 52.6 Å². The van der Waals surface area contributed by atoms with E-state index >= 15 is 0 Å². The maximum Gasteiger partial charge on any atom is 0.309 e. The van der Waals surface area contributed by atoms with Crippen LogP contribution in [0.15, 0.2) is 24.3 Å². The molecule has 0 aromatic carbocycles. The Kier molecular flexibility index (Phi) is 5.52. The van der Waals surface area contributed by atoms with Crippen LogP contribution in [0.4, 0.5) is 0 Å². The number of ether oxygens (including phenoxy) is 2. The third-order valence-corrected chi connectivity index (χ3v) is 5.21. The molecule has 3 aliphatic rings. The zero-order chi connectivity index (χ0) is 16.1. The maximum atomic E-state index is 12.0. The molecule has 0 aliphatic heterocycles. The van der Waals surface area contributed by atoms with E-state index in [1.165, 1.54) is 0 Å². The van der Waals surface area contributed by atoms with Gasteiger partial charge in [0, 0.05) is 0 Å². The monoisotopic (exact) mass is 318 g/mol. The Labute approximate surface area is 137 Å². The number of carbonyl (C=O) groups excluding carboxylic acids is 2. The highest BCUT2D eigenvalue weighted by Crippen LogP contribution is 2.43. The number of unbranched alkanes of at least 4 members (excludes halogenated alkanes) is 1. The van der Waals surface area contributed by atoms with Crippen molar-refractivity contribution in [2.75, 3.05) is 13.2 Å². The van der Waals surface area contributed by atoms with Crippen molar-refractivity contribution in [3.05, 3.63) is 24.3 Å². The van der Waals surface area contributed by atoms with Gasteiger partial charge in [0.15, 0.2) is 0 Å². The molecule has 0 N–H and O–H groups in total. The highest BCUT2D eigenvalue weighted by molar-refractivity contribution is 5.74. The number of hydrogen-bond acceptors (Lipinski definition) is 4. The summed E-state index contributed by atoms with van der Waals surface area (Å²) < 4.78 is 10.7. The largest absolute Gasteiger partial charge is 0.465 e. The van der Waals surface area contributed by atoms with Crippen molar-refractivity contribution in [1.82, 2.24) is 0 Å². The molecule has 4 heteroatoms. The maximum absolute atomic E-state index is 12.0. The van der Waals surface area contributed by atoms with E-state index in [0.717, 1.165) is 44.9 Å². The summed E-state index contributed by atoms with van der Waals surface area (Å²) in [5, 5.41) is 0. The summed E-state index contributed by atoms with van der Waals surface area (Å²) in [5.74, 6) is 0.961. The van der Waals surface area contributed by atoms with E-state index in [4.69, 9.17) is 9.47 Å². The Bertz CT molecular complexity index is 494. The number of hydrogen-bond donors (Lipinski definition) is 0. The van der Waals surface area contributed by atoms with Gasteiger partial charge in [-0.15, -0.1) is 0 Å². The predicted octanol–water partition coefficient (Wildman–Crippen LogP) is 3.42. The number of carbonyl (C=O) groups is 2. The summed E-state index contributed by atoms with van der Waals surface area (Å²) in [4.78, 5) is 23.9. The first-order valence-corrected chi connectivity index (χ1v) is 8.90. The summed E-state index contributed by atoms with van der Waals surface area (Å²) in [7, 11) is 0. The smallest absolute Gasteiger partial charge is 0.309 e. The van der Waals surface area contributed by atoms with Crippen LogP contribution in [-0.4, -0.2) is 25.2 Å². The SMILES string of the molecule is O=C(OCCCCOC(=O)[C@H]1C[C@H]2C=C[C@H]1C2)[C@H]1CC=CCC1. The summed E-state index contributed by atoms with van der Waals surface area (Å²) in [5.41, 5.74) is 0. The lowest BCUT2D eigenvalue weighted by atomic mass is 9.94. The Morgan fingerprint density at radius 2 is 1.74 bits per heavy atom. The lowest BCUT2D eigenvalue weighted by Crippen LogP contribution is -2.22. The minimum absolute atomic E-state index is 0.0312. The number of rotatable bonds is 7. The summed E-state index contributed by atoms with van der Waals surface area (Å²) >= 11 is 0. The highest BCUT2D eigenvalue weighted by atomic mass is 16.5. The molecule has 0 heterocycles. The molecule has 0 aromatic heterocycles. The second kappa shape index (κ2) is 7.80. The molecular weight excluding hydrogens is 292 g/mol. The van der Waals surface area contributed by atoms with Gasteiger partial charge in [0.05, 0.1) is 25.0 Å². The van der Waals surface area contributed by atoms with Gasteiger partial charge in [-0.25, -0.2) is 0 Å². The zero-order valence-corrected chi connectivity index (χ0v) is 13.6. The fourth-order valence-electron chi connectivity index (χ4n) is 3.83. The van der Waals surface area contributed by atoms with Gasteiger partial charge in [0.2, 0.25) is 0 Å². The summed E-state index contributed by atoms with van der Waals surface area (Å²) in [6.45, 7) is 0.855. The lowest BCUT2D eigenvalue weighted by Gasteiger charge is -2.17. The van der Waals surface area contributed by atoms with E-state index < -0.39 is 0 Å². The van der Waals surface area contributed by atoms with Crippen LogP contribution in [0.25, 0.3) is 0 Å². The molecule has 0 spiro atoms. The molecule has 1 fully saturated rings. The van der Waals surface area contributed by atoms with Gasteiger partial charge in [-0.2, -0.15) is 0 Å². The number of fused-ring (bicyclic) bond motifs is 2. The standard InChI is InChI=1S/C19H26O4/c20-18(15-6-2-1-3-7-15)22-10-4-5-11-23-19(21)17-13-14-8-9-16(17)12-14/h1-2,8-9,14-17H,3-7,10-13H2/t14-,15-,16-,17-/m0/s1.